The Kier molecular flexibility index (Phi) is 15.7. The van der Waals surface area contributed by atoms with Crippen LogP contribution < -0.4 is 21.8 Å². The second-order valence-electron chi connectivity index (χ2n) is 14.3. The van der Waals surface area contributed by atoms with Gasteiger partial charge in [-0.05, 0) is 110 Å². The maximum absolute atomic E-state index is 12.6. The Morgan fingerprint density at radius 3 is 1.28 bits per heavy atom. The Labute approximate surface area is 368 Å². The van der Waals surface area contributed by atoms with Crippen LogP contribution >= 0.6 is 46.4 Å². The van der Waals surface area contributed by atoms with Gasteiger partial charge in [-0.25, -0.2) is 0 Å². The number of carbonyl (C=O) groups excluding carboxylic acids is 2. The molecule has 0 atom stereocenters. The third-order valence-corrected chi connectivity index (χ3v) is 11.2. The number of aryl methyl sites for hydroxylation is 4. The molecule has 6 rings (SSSR count). The molecule has 0 aliphatic rings. The molecule has 0 bridgehead atoms. The van der Waals surface area contributed by atoms with E-state index in [4.69, 9.17) is 46.4 Å². The summed E-state index contributed by atoms with van der Waals surface area (Å²) in [5.74, 6) is -2.10. The van der Waals surface area contributed by atoms with Crippen LogP contribution in [-0.4, -0.2) is 44.3 Å². The highest BCUT2D eigenvalue weighted by atomic mass is 35.5. The van der Waals surface area contributed by atoms with Gasteiger partial charge in [0.15, 0.2) is 11.5 Å². The minimum Gasteiger partial charge on any atom is -0.502 e. The standard InChI is InChI=1S/2C23H22Cl2N2O3/c2*1-14-5-3-7-16(11-14)20-13-17(21(28)23(30)27(20)2)22(29)26-10-4-6-15-8-9-18(24)19(25)12-15/h2*3,5,7-9,11-13,28H,4,6,10H2,1-2H3,(H,26,29). The highest BCUT2D eigenvalue weighted by Gasteiger charge is 2.20. The van der Waals surface area contributed by atoms with Crippen LogP contribution in [-0.2, 0) is 26.9 Å². The van der Waals surface area contributed by atoms with Gasteiger partial charge >= 0.3 is 0 Å². The van der Waals surface area contributed by atoms with Crippen molar-refractivity contribution in [1.29, 1.82) is 0 Å². The molecule has 2 amide bonds. The largest absolute Gasteiger partial charge is 0.502 e. The van der Waals surface area contributed by atoms with E-state index in [1.807, 2.05) is 74.5 Å². The Bertz CT molecular complexity index is 2490. The first kappa shape index (κ1) is 45.6. The van der Waals surface area contributed by atoms with Crippen LogP contribution in [0, 0.1) is 13.8 Å². The molecule has 4 aromatic carbocycles. The fourth-order valence-corrected chi connectivity index (χ4v) is 7.09. The van der Waals surface area contributed by atoms with Crippen molar-refractivity contribution in [1.82, 2.24) is 19.8 Å². The number of rotatable bonds is 12. The van der Waals surface area contributed by atoms with Crippen LogP contribution in [0.4, 0.5) is 0 Å². The van der Waals surface area contributed by atoms with Crippen molar-refractivity contribution in [3.63, 3.8) is 0 Å². The molecule has 2 heterocycles. The summed E-state index contributed by atoms with van der Waals surface area (Å²) < 4.78 is 2.68. The van der Waals surface area contributed by atoms with Crippen molar-refractivity contribution in [3.8, 4) is 34.0 Å². The van der Waals surface area contributed by atoms with Crippen molar-refractivity contribution >= 4 is 58.2 Å². The van der Waals surface area contributed by atoms with E-state index < -0.39 is 34.4 Å². The molecule has 6 aromatic rings. The quantitative estimate of drug-likeness (QED) is 0.0903. The predicted molar refractivity (Wildman–Crippen MR) is 241 cm³/mol. The van der Waals surface area contributed by atoms with E-state index in [1.165, 1.54) is 9.13 Å². The molecule has 0 aliphatic carbocycles. The third-order valence-electron chi connectivity index (χ3n) is 9.75. The lowest BCUT2D eigenvalue weighted by atomic mass is 10.1. The zero-order valence-corrected chi connectivity index (χ0v) is 36.4. The van der Waals surface area contributed by atoms with Crippen LogP contribution in [0.2, 0.25) is 20.1 Å². The highest BCUT2D eigenvalue weighted by molar-refractivity contribution is 6.42. The molecular weight excluding hydrogens is 846 g/mol. The molecule has 0 spiro atoms. The number of benzene rings is 4. The Hall–Kier alpha value is -5.52. The van der Waals surface area contributed by atoms with Gasteiger partial charge in [-0.3, -0.25) is 19.2 Å². The molecule has 0 radical (unpaired) electrons. The summed E-state index contributed by atoms with van der Waals surface area (Å²) in [6.07, 6.45) is 2.74. The summed E-state index contributed by atoms with van der Waals surface area (Å²) in [7, 11) is 3.14. The van der Waals surface area contributed by atoms with Gasteiger partial charge in [0.2, 0.25) is 0 Å². The van der Waals surface area contributed by atoms with E-state index >= 15 is 0 Å². The van der Waals surface area contributed by atoms with Gasteiger partial charge in [0.1, 0.15) is 0 Å². The topological polar surface area (TPSA) is 143 Å². The molecule has 4 N–H and O–H groups in total. The van der Waals surface area contributed by atoms with Gasteiger partial charge in [0.25, 0.3) is 22.9 Å². The summed E-state index contributed by atoms with van der Waals surface area (Å²) in [5, 5.41) is 28.0. The van der Waals surface area contributed by atoms with E-state index in [1.54, 1.807) is 50.5 Å². The molecule has 0 aliphatic heterocycles. The van der Waals surface area contributed by atoms with Crippen LogP contribution in [0.3, 0.4) is 0 Å². The minimum absolute atomic E-state index is 0.0378. The molecule has 0 saturated carbocycles. The number of nitrogens with one attached hydrogen (secondary N) is 2. The number of amides is 2. The first-order valence-corrected chi connectivity index (χ1v) is 20.5. The van der Waals surface area contributed by atoms with Crippen molar-refractivity contribution in [2.75, 3.05) is 13.1 Å². The monoisotopic (exact) mass is 888 g/mol. The van der Waals surface area contributed by atoms with Crippen molar-refractivity contribution < 1.29 is 19.8 Å². The number of hydrogen-bond donors (Lipinski definition) is 4. The van der Waals surface area contributed by atoms with Gasteiger partial charge in [-0.1, -0.05) is 106 Å². The predicted octanol–water partition coefficient (Wildman–Crippen LogP) is 9.47. The van der Waals surface area contributed by atoms with Gasteiger partial charge in [-0.2, -0.15) is 0 Å². The summed E-state index contributed by atoms with van der Waals surface area (Å²) in [6, 6.07) is 29.1. The van der Waals surface area contributed by atoms with Crippen molar-refractivity contribution in [3.05, 3.63) is 171 Å². The van der Waals surface area contributed by atoms with Gasteiger partial charge in [0, 0.05) is 27.2 Å². The number of pyridine rings is 2. The summed E-state index contributed by atoms with van der Waals surface area (Å²) in [4.78, 5) is 50.2. The summed E-state index contributed by atoms with van der Waals surface area (Å²) in [6.45, 7) is 4.66. The smallest absolute Gasteiger partial charge is 0.293 e. The van der Waals surface area contributed by atoms with Crippen molar-refractivity contribution in [2.45, 2.75) is 39.5 Å². The molecule has 0 unspecified atom stereocenters. The molecule has 14 heteroatoms. The lowest BCUT2D eigenvalue weighted by molar-refractivity contribution is 0.0941. The number of halogens is 4. The number of nitrogens with zero attached hydrogens (tertiary/aromatic N) is 2. The first-order chi connectivity index (χ1) is 28.5. The molecule has 312 valence electrons. The molecule has 60 heavy (non-hydrogen) atoms. The lowest BCUT2D eigenvalue weighted by Gasteiger charge is -2.13. The van der Waals surface area contributed by atoms with Crippen LogP contribution in [0.1, 0.15) is 55.8 Å². The fraction of sp³-hybridized carbons (Fsp3) is 0.217. The molecule has 0 saturated heterocycles. The Morgan fingerprint density at radius 1 is 0.550 bits per heavy atom. The second kappa shape index (κ2) is 20.6. The van der Waals surface area contributed by atoms with Crippen LogP contribution in [0.5, 0.6) is 11.5 Å². The van der Waals surface area contributed by atoms with Gasteiger partial charge in [0.05, 0.1) is 42.6 Å². The average Bonchev–Trinajstić information content (AvgIpc) is 3.22. The molecule has 2 aromatic heterocycles. The van der Waals surface area contributed by atoms with Crippen molar-refractivity contribution in [2.24, 2.45) is 14.1 Å². The minimum atomic E-state index is -0.616. The Morgan fingerprint density at radius 2 is 0.933 bits per heavy atom. The fourth-order valence-electron chi connectivity index (χ4n) is 6.45. The molecular formula is C46H44Cl4N4O6. The van der Waals surface area contributed by atoms with E-state index in [9.17, 15) is 29.4 Å². The third kappa shape index (κ3) is 11.4. The van der Waals surface area contributed by atoms with E-state index in [0.717, 1.165) is 33.4 Å². The van der Waals surface area contributed by atoms with E-state index in [2.05, 4.69) is 10.6 Å². The van der Waals surface area contributed by atoms with E-state index in [-0.39, 0.29) is 11.1 Å². The number of hydrogen-bond acceptors (Lipinski definition) is 6. The van der Waals surface area contributed by atoms with Gasteiger partial charge in [-0.15, -0.1) is 0 Å². The SMILES string of the molecule is Cc1cccc(-c2cc(C(=O)NCCCc3ccc(Cl)c(Cl)c3)c(O)c(=O)n2C)c1.Cc1cccc(-c2cc(C(=O)NCCCc3ccc(Cl)c(Cl)c3)c(O)c(=O)n2C)c1. The lowest BCUT2D eigenvalue weighted by Crippen LogP contribution is -2.28. The first-order valence-electron chi connectivity index (χ1n) is 19.0. The highest BCUT2D eigenvalue weighted by Crippen LogP contribution is 2.27. The molecule has 0 fully saturated rings. The second-order valence-corrected chi connectivity index (χ2v) is 15.9. The Balaban J connectivity index is 0.000000228. The zero-order chi connectivity index (χ0) is 43.7. The van der Waals surface area contributed by atoms with E-state index in [0.29, 0.717) is 70.3 Å². The maximum Gasteiger partial charge on any atom is 0.293 e. The number of aromatic hydroxyl groups is 2. The van der Waals surface area contributed by atoms with Crippen LogP contribution in [0.25, 0.3) is 22.5 Å². The normalized spacial score (nSPS) is 10.8. The molecule has 10 nitrogen and oxygen atoms in total. The zero-order valence-electron chi connectivity index (χ0n) is 33.4. The summed E-state index contributed by atoms with van der Waals surface area (Å²) in [5.41, 5.74) is 5.48. The maximum atomic E-state index is 12.6. The number of aromatic nitrogens is 2. The van der Waals surface area contributed by atoms with Gasteiger partial charge < -0.3 is 30.0 Å². The summed E-state index contributed by atoms with van der Waals surface area (Å²) >= 11 is 23.9. The van der Waals surface area contributed by atoms with Crippen LogP contribution in [0.15, 0.2) is 107 Å². The average molecular weight is 891 g/mol. The number of carbonyl (C=O) groups is 2.